The topological polar surface area (TPSA) is 79.0 Å². The summed E-state index contributed by atoms with van der Waals surface area (Å²) in [5, 5.41) is 2.87. The smallest absolute Gasteiger partial charge is 0.281 e. The van der Waals surface area contributed by atoms with Crippen LogP contribution in [0.15, 0.2) is 18.2 Å². The van der Waals surface area contributed by atoms with Crippen molar-refractivity contribution >= 4 is 21.8 Å². The predicted octanol–water partition coefficient (Wildman–Crippen LogP) is 1.46. The fourth-order valence-corrected chi connectivity index (χ4v) is 3.94. The molecular weight excluding hydrogens is 330 g/mol. The highest BCUT2D eigenvalue weighted by molar-refractivity contribution is 7.86. The van der Waals surface area contributed by atoms with Gasteiger partial charge in [0.2, 0.25) is 5.91 Å². The van der Waals surface area contributed by atoms with E-state index in [2.05, 4.69) is 5.32 Å². The third-order valence-electron chi connectivity index (χ3n) is 4.16. The maximum Gasteiger partial charge on any atom is 0.281 e. The van der Waals surface area contributed by atoms with Gasteiger partial charge in [-0.1, -0.05) is 6.07 Å². The predicted molar refractivity (Wildman–Crippen MR) is 93.3 cm³/mol. The molecule has 0 aliphatic carbocycles. The van der Waals surface area contributed by atoms with Crippen LogP contribution in [-0.2, 0) is 15.0 Å². The molecule has 1 aliphatic rings. The first-order valence-corrected chi connectivity index (χ1v) is 9.28. The minimum absolute atomic E-state index is 0.183. The number of methoxy groups -OCH3 is 1. The molecule has 0 spiro atoms. The molecule has 8 heteroatoms. The Balaban J connectivity index is 2.12. The second-order valence-electron chi connectivity index (χ2n) is 6.18. The monoisotopic (exact) mass is 355 g/mol. The third kappa shape index (κ3) is 4.06. The van der Waals surface area contributed by atoms with Crippen LogP contribution in [-0.4, -0.2) is 57.2 Å². The zero-order chi connectivity index (χ0) is 17.9. The van der Waals surface area contributed by atoms with Crippen molar-refractivity contribution in [3.05, 3.63) is 23.8 Å². The lowest BCUT2D eigenvalue weighted by Gasteiger charge is -2.32. The molecule has 1 aliphatic heterocycles. The Kier molecular flexibility index (Phi) is 5.84. The minimum Gasteiger partial charge on any atom is -0.495 e. The van der Waals surface area contributed by atoms with Crippen LogP contribution in [0, 0.1) is 12.8 Å². The highest BCUT2D eigenvalue weighted by atomic mass is 32.2. The average molecular weight is 355 g/mol. The van der Waals surface area contributed by atoms with Crippen molar-refractivity contribution in [2.24, 2.45) is 5.92 Å². The molecule has 1 aromatic carbocycles. The van der Waals surface area contributed by atoms with E-state index in [9.17, 15) is 13.2 Å². The van der Waals surface area contributed by atoms with Crippen LogP contribution < -0.4 is 10.1 Å². The van der Waals surface area contributed by atoms with E-state index < -0.39 is 10.2 Å². The van der Waals surface area contributed by atoms with Gasteiger partial charge < -0.3 is 10.1 Å². The number of carbonyl (C=O) groups is 1. The molecule has 0 saturated carbocycles. The summed E-state index contributed by atoms with van der Waals surface area (Å²) in [4.78, 5) is 12.6. The van der Waals surface area contributed by atoms with E-state index in [0.29, 0.717) is 30.8 Å². The average Bonchev–Trinajstić information content (AvgIpc) is 2.55. The summed E-state index contributed by atoms with van der Waals surface area (Å²) in [6, 6.07) is 5.54. The quantitative estimate of drug-likeness (QED) is 0.867. The van der Waals surface area contributed by atoms with E-state index in [-0.39, 0.29) is 18.4 Å². The maximum absolute atomic E-state index is 12.6. The minimum atomic E-state index is -3.50. The third-order valence-corrected chi connectivity index (χ3v) is 6.06. The number of hydrogen-bond acceptors (Lipinski definition) is 4. The number of hydrogen-bond donors (Lipinski definition) is 1. The first-order chi connectivity index (χ1) is 11.3. The first kappa shape index (κ1) is 18.7. The molecule has 1 N–H and O–H groups in total. The molecule has 1 saturated heterocycles. The van der Waals surface area contributed by atoms with E-state index in [1.807, 2.05) is 19.1 Å². The lowest BCUT2D eigenvalue weighted by atomic mass is 9.98. The van der Waals surface area contributed by atoms with Crippen LogP contribution in [0.4, 0.5) is 5.69 Å². The Labute approximate surface area is 143 Å². The molecule has 0 bridgehead atoms. The van der Waals surface area contributed by atoms with Gasteiger partial charge in [0.15, 0.2) is 0 Å². The fraction of sp³-hybridized carbons (Fsp3) is 0.562. The molecule has 1 amide bonds. The van der Waals surface area contributed by atoms with E-state index in [4.69, 9.17) is 4.74 Å². The van der Waals surface area contributed by atoms with E-state index >= 15 is 0 Å². The van der Waals surface area contributed by atoms with Gasteiger partial charge in [-0.15, -0.1) is 0 Å². The summed E-state index contributed by atoms with van der Waals surface area (Å²) >= 11 is 0. The van der Waals surface area contributed by atoms with Crippen LogP contribution in [0.25, 0.3) is 0 Å². The summed E-state index contributed by atoms with van der Waals surface area (Å²) in [5.41, 5.74) is 1.61. The van der Waals surface area contributed by atoms with Crippen LogP contribution in [0.1, 0.15) is 18.4 Å². The van der Waals surface area contributed by atoms with E-state index in [0.717, 1.165) is 5.56 Å². The van der Waals surface area contributed by atoms with Gasteiger partial charge in [0.05, 0.1) is 18.7 Å². The normalized spacial score (nSPS) is 19.3. The first-order valence-electron chi connectivity index (χ1n) is 7.89. The molecular formula is C16H25N3O4S. The number of anilines is 1. The highest BCUT2D eigenvalue weighted by Crippen LogP contribution is 2.27. The largest absolute Gasteiger partial charge is 0.495 e. The molecule has 0 aromatic heterocycles. The number of amides is 1. The molecule has 1 aromatic rings. The van der Waals surface area contributed by atoms with E-state index in [1.165, 1.54) is 22.7 Å². The van der Waals surface area contributed by atoms with Crippen molar-refractivity contribution in [2.75, 3.05) is 39.6 Å². The van der Waals surface area contributed by atoms with Gasteiger partial charge >= 0.3 is 0 Å². The van der Waals surface area contributed by atoms with Gasteiger partial charge in [0.25, 0.3) is 10.2 Å². The van der Waals surface area contributed by atoms with Crippen molar-refractivity contribution in [3.8, 4) is 5.75 Å². The fourth-order valence-electron chi connectivity index (χ4n) is 2.75. The van der Waals surface area contributed by atoms with E-state index in [1.54, 1.807) is 13.2 Å². The highest BCUT2D eigenvalue weighted by Gasteiger charge is 2.33. The lowest BCUT2D eigenvalue weighted by molar-refractivity contribution is -0.120. The van der Waals surface area contributed by atoms with Crippen LogP contribution >= 0.6 is 0 Å². The number of nitrogens with zero attached hydrogens (tertiary/aromatic N) is 2. The van der Waals surface area contributed by atoms with Gasteiger partial charge in [-0.3, -0.25) is 4.79 Å². The second-order valence-corrected chi connectivity index (χ2v) is 8.32. The van der Waals surface area contributed by atoms with Gasteiger partial charge in [0.1, 0.15) is 5.75 Å². The molecule has 1 unspecified atom stereocenters. The maximum atomic E-state index is 12.6. The standard InChI is InChI=1S/C16H25N3O4S/c1-12-7-8-15(23-4)14(10-12)17-16(20)13-6-5-9-19(11-13)24(21,22)18(2)3/h7-8,10,13H,5-6,9,11H2,1-4H3,(H,17,20). The molecule has 7 nitrogen and oxygen atoms in total. The van der Waals surface area contributed by atoms with Crippen molar-refractivity contribution in [1.29, 1.82) is 0 Å². The Hall–Kier alpha value is -1.64. The zero-order valence-corrected chi connectivity index (χ0v) is 15.4. The molecule has 1 heterocycles. The Bertz CT molecular complexity index is 703. The van der Waals surface area contributed by atoms with Crippen molar-refractivity contribution in [2.45, 2.75) is 19.8 Å². The van der Waals surface area contributed by atoms with Crippen LogP contribution in [0.2, 0.25) is 0 Å². The van der Waals surface area contributed by atoms with Gasteiger partial charge in [-0.25, -0.2) is 0 Å². The molecule has 1 fully saturated rings. The lowest BCUT2D eigenvalue weighted by Crippen LogP contribution is -2.47. The summed E-state index contributed by atoms with van der Waals surface area (Å²) in [6.07, 6.45) is 1.33. The van der Waals surface area contributed by atoms with Crippen LogP contribution in [0.5, 0.6) is 5.75 Å². The second kappa shape index (κ2) is 7.50. The number of piperidine rings is 1. The molecule has 134 valence electrons. The van der Waals surface area contributed by atoms with Crippen LogP contribution in [0.3, 0.4) is 0 Å². The van der Waals surface area contributed by atoms with Gasteiger partial charge in [-0.05, 0) is 37.5 Å². The summed E-state index contributed by atoms with van der Waals surface area (Å²) in [5.74, 6) is 0.0266. The van der Waals surface area contributed by atoms with Gasteiger partial charge in [0, 0.05) is 27.2 Å². The Morgan fingerprint density at radius 1 is 1.38 bits per heavy atom. The number of aryl methyl sites for hydroxylation is 1. The van der Waals surface area contributed by atoms with Crippen molar-refractivity contribution in [3.63, 3.8) is 0 Å². The number of rotatable bonds is 5. The summed E-state index contributed by atoms with van der Waals surface area (Å²) in [6.45, 7) is 2.57. The van der Waals surface area contributed by atoms with Crippen molar-refractivity contribution in [1.82, 2.24) is 8.61 Å². The summed E-state index contributed by atoms with van der Waals surface area (Å²) < 4.78 is 32.3. The number of carbonyl (C=O) groups excluding carboxylic acids is 1. The molecule has 1 atom stereocenters. The number of ether oxygens (including phenoxy) is 1. The Morgan fingerprint density at radius 3 is 2.71 bits per heavy atom. The number of benzene rings is 1. The molecule has 24 heavy (non-hydrogen) atoms. The zero-order valence-electron chi connectivity index (χ0n) is 14.6. The molecule has 2 rings (SSSR count). The SMILES string of the molecule is COc1ccc(C)cc1NC(=O)C1CCCN(S(=O)(=O)N(C)C)C1. The number of nitrogens with one attached hydrogen (secondary N) is 1. The van der Waals surface area contributed by atoms with Crippen molar-refractivity contribution < 1.29 is 17.9 Å². The molecule has 0 radical (unpaired) electrons. The Morgan fingerprint density at radius 2 is 2.08 bits per heavy atom. The van der Waals surface area contributed by atoms with Gasteiger partial charge in [-0.2, -0.15) is 17.0 Å². The summed E-state index contributed by atoms with van der Waals surface area (Å²) in [7, 11) is 1.04.